The quantitative estimate of drug-likeness (QED) is 0.740. The first kappa shape index (κ1) is 20.6. The Morgan fingerprint density at radius 3 is 2.61 bits per heavy atom. The zero-order valence-electron chi connectivity index (χ0n) is 17.3. The molecule has 1 aromatic heterocycles. The zero-order chi connectivity index (χ0) is 21.6. The summed E-state index contributed by atoms with van der Waals surface area (Å²) in [7, 11) is 0. The molecular weight excluding hydrogens is 423 g/mol. The molecule has 3 aliphatic rings. The Morgan fingerprint density at radius 2 is 1.90 bits per heavy atom. The Kier molecular flexibility index (Phi) is 5.30. The van der Waals surface area contributed by atoms with Gasteiger partial charge >= 0.3 is 6.03 Å². The first-order valence-corrected chi connectivity index (χ1v) is 11.3. The fourth-order valence-electron chi connectivity index (χ4n) is 5.24. The second-order valence-electron chi connectivity index (χ2n) is 8.68. The van der Waals surface area contributed by atoms with Crippen LogP contribution in [0, 0.1) is 0 Å². The molecule has 5 rings (SSSR count). The number of amides is 3. The molecule has 1 aliphatic carbocycles. The van der Waals surface area contributed by atoms with E-state index >= 15 is 0 Å². The number of benzene rings is 1. The highest BCUT2D eigenvalue weighted by atomic mass is 35.5. The van der Waals surface area contributed by atoms with Crippen molar-refractivity contribution in [2.24, 2.45) is 0 Å². The van der Waals surface area contributed by atoms with Gasteiger partial charge in [-0.3, -0.25) is 9.69 Å². The predicted octanol–water partition coefficient (Wildman–Crippen LogP) is 4.11. The lowest BCUT2D eigenvalue weighted by Crippen LogP contribution is -2.52. The molecule has 1 spiro atoms. The molecule has 0 unspecified atom stereocenters. The number of piperazine rings is 1. The van der Waals surface area contributed by atoms with E-state index in [2.05, 4.69) is 10.6 Å². The lowest BCUT2D eigenvalue weighted by Gasteiger charge is -2.42. The molecule has 166 valence electrons. The fourth-order valence-corrected chi connectivity index (χ4v) is 5.50. The topological polar surface area (TPSA) is 77.8 Å². The lowest BCUT2D eigenvalue weighted by atomic mass is 9.74. The summed E-state index contributed by atoms with van der Waals surface area (Å²) in [6, 6.07) is 3.23. The third kappa shape index (κ3) is 3.55. The number of anilines is 1. The van der Waals surface area contributed by atoms with Gasteiger partial charge in [0.25, 0.3) is 5.91 Å². The Hall–Kier alpha value is -2.32. The van der Waals surface area contributed by atoms with Crippen LogP contribution in [0.3, 0.4) is 0 Å². The summed E-state index contributed by atoms with van der Waals surface area (Å²) in [5, 5.41) is 7.16. The minimum absolute atomic E-state index is 0.175. The van der Waals surface area contributed by atoms with E-state index in [1.165, 1.54) is 0 Å². The van der Waals surface area contributed by atoms with Gasteiger partial charge in [-0.15, -0.1) is 0 Å². The van der Waals surface area contributed by atoms with Gasteiger partial charge in [0.1, 0.15) is 12.3 Å². The van der Waals surface area contributed by atoms with Gasteiger partial charge in [-0.05, 0) is 25.0 Å². The standard InChI is InChI=1S/C22H26ClFN4O3/c23-15-12-14-13-16(20(29)28-10-8-27(7-6-24)9-11-28)31-19(14)17-18(15)25-21(30)26-22(17)4-2-1-3-5-22/h12-13H,1-11H2,(H2,25,26,30). The highest BCUT2D eigenvalue weighted by Gasteiger charge is 2.44. The summed E-state index contributed by atoms with van der Waals surface area (Å²) < 4.78 is 18.7. The van der Waals surface area contributed by atoms with E-state index in [4.69, 9.17) is 16.0 Å². The first-order valence-electron chi connectivity index (χ1n) is 10.9. The number of halogens is 2. The molecule has 2 N–H and O–H groups in total. The van der Waals surface area contributed by atoms with Crippen molar-refractivity contribution < 1.29 is 18.4 Å². The molecule has 31 heavy (non-hydrogen) atoms. The number of carbonyl (C=O) groups is 2. The molecule has 1 aromatic carbocycles. The third-order valence-corrected chi connectivity index (χ3v) is 7.11. The van der Waals surface area contributed by atoms with Crippen LogP contribution in [0.25, 0.3) is 11.0 Å². The monoisotopic (exact) mass is 448 g/mol. The predicted molar refractivity (Wildman–Crippen MR) is 116 cm³/mol. The molecular formula is C22H26ClFN4O3. The minimum atomic E-state index is -0.533. The van der Waals surface area contributed by atoms with Gasteiger partial charge in [0.15, 0.2) is 5.76 Å². The van der Waals surface area contributed by atoms with Crippen molar-refractivity contribution in [1.29, 1.82) is 0 Å². The number of hydrogen-bond donors (Lipinski definition) is 2. The molecule has 3 amide bonds. The summed E-state index contributed by atoms with van der Waals surface area (Å²) in [6.07, 6.45) is 4.75. The van der Waals surface area contributed by atoms with Crippen LogP contribution in [0.2, 0.25) is 5.02 Å². The summed E-state index contributed by atoms with van der Waals surface area (Å²) in [5.41, 5.74) is 1.50. The molecule has 2 aliphatic heterocycles. The average molecular weight is 449 g/mol. The minimum Gasteiger partial charge on any atom is -0.450 e. The maximum atomic E-state index is 13.1. The number of fused-ring (bicyclic) bond motifs is 4. The van der Waals surface area contributed by atoms with Crippen molar-refractivity contribution in [2.75, 3.05) is 44.7 Å². The average Bonchev–Trinajstić information content (AvgIpc) is 3.18. The molecule has 1 saturated heterocycles. The van der Waals surface area contributed by atoms with Crippen LogP contribution in [-0.2, 0) is 5.54 Å². The maximum Gasteiger partial charge on any atom is 0.319 e. The lowest BCUT2D eigenvalue weighted by molar-refractivity contribution is 0.0602. The van der Waals surface area contributed by atoms with Gasteiger partial charge in [0, 0.05) is 43.7 Å². The van der Waals surface area contributed by atoms with Crippen molar-refractivity contribution in [3.8, 4) is 0 Å². The largest absolute Gasteiger partial charge is 0.450 e. The molecule has 7 nitrogen and oxygen atoms in total. The van der Waals surface area contributed by atoms with E-state index in [0.29, 0.717) is 49.0 Å². The van der Waals surface area contributed by atoms with Gasteiger partial charge < -0.3 is 20.0 Å². The second kappa shape index (κ2) is 7.98. The van der Waals surface area contributed by atoms with Crippen LogP contribution in [0.4, 0.5) is 14.9 Å². The van der Waals surface area contributed by atoms with Crippen molar-refractivity contribution in [2.45, 2.75) is 37.6 Å². The number of furan rings is 1. The van der Waals surface area contributed by atoms with E-state index in [9.17, 15) is 14.0 Å². The molecule has 1 saturated carbocycles. The summed E-state index contributed by atoms with van der Waals surface area (Å²) in [5.74, 6) is 0.0905. The SMILES string of the molecule is O=C1Nc2c(Cl)cc3cc(C(=O)N4CCN(CCF)CC4)oc3c2C2(CCCCC2)N1. The van der Waals surface area contributed by atoms with Crippen molar-refractivity contribution in [1.82, 2.24) is 15.1 Å². The van der Waals surface area contributed by atoms with Gasteiger partial charge in [0.2, 0.25) is 0 Å². The van der Waals surface area contributed by atoms with Crippen molar-refractivity contribution in [3.63, 3.8) is 0 Å². The number of urea groups is 1. The molecule has 9 heteroatoms. The van der Waals surface area contributed by atoms with Gasteiger partial charge in [0.05, 0.1) is 16.2 Å². The van der Waals surface area contributed by atoms with Gasteiger partial charge in [-0.2, -0.15) is 0 Å². The highest BCUT2D eigenvalue weighted by Crippen LogP contribution is 2.49. The molecule has 0 bridgehead atoms. The third-order valence-electron chi connectivity index (χ3n) is 6.81. The zero-order valence-corrected chi connectivity index (χ0v) is 18.1. The fraction of sp³-hybridized carbons (Fsp3) is 0.545. The maximum absolute atomic E-state index is 13.1. The van der Waals surface area contributed by atoms with Gasteiger partial charge in [-0.25, -0.2) is 9.18 Å². The molecule has 3 heterocycles. The van der Waals surface area contributed by atoms with E-state index < -0.39 is 5.54 Å². The highest BCUT2D eigenvalue weighted by molar-refractivity contribution is 6.35. The molecule has 0 radical (unpaired) electrons. The Morgan fingerprint density at radius 1 is 1.16 bits per heavy atom. The number of hydrogen-bond acceptors (Lipinski definition) is 4. The molecule has 0 atom stereocenters. The van der Waals surface area contributed by atoms with Crippen LogP contribution < -0.4 is 10.6 Å². The van der Waals surface area contributed by atoms with Crippen LogP contribution >= 0.6 is 11.6 Å². The number of carbonyl (C=O) groups excluding carboxylic acids is 2. The van der Waals surface area contributed by atoms with E-state index in [1.807, 2.05) is 4.90 Å². The van der Waals surface area contributed by atoms with Crippen LogP contribution in [0.15, 0.2) is 16.5 Å². The van der Waals surface area contributed by atoms with E-state index in [0.717, 1.165) is 43.1 Å². The number of nitrogens with one attached hydrogen (secondary N) is 2. The van der Waals surface area contributed by atoms with Gasteiger partial charge in [-0.1, -0.05) is 30.9 Å². The number of rotatable bonds is 3. The molecule has 2 fully saturated rings. The second-order valence-corrected chi connectivity index (χ2v) is 9.09. The van der Waals surface area contributed by atoms with Crippen molar-refractivity contribution >= 4 is 40.2 Å². The van der Waals surface area contributed by atoms with E-state index in [1.54, 1.807) is 17.0 Å². The van der Waals surface area contributed by atoms with Crippen molar-refractivity contribution in [3.05, 3.63) is 28.5 Å². The Balaban J connectivity index is 1.52. The summed E-state index contributed by atoms with van der Waals surface area (Å²) in [6.45, 7) is 2.40. The Labute approximate surface area is 184 Å². The van der Waals surface area contributed by atoms with E-state index in [-0.39, 0.29) is 24.4 Å². The first-order chi connectivity index (χ1) is 15.0. The van der Waals surface area contributed by atoms with Crippen LogP contribution in [-0.4, -0.2) is 61.1 Å². The summed E-state index contributed by atoms with van der Waals surface area (Å²) in [4.78, 5) is 29.3. The number of nitrogens with zero attached hydrogens (tertiary/aromatic N) is 2. The number of alkyl halides is 1. The smallest absolute Gasteiger partial charge is 0.319 e. The van der Waals surface area contributed by atoms with Crippen LogP contribution in [0.1, 0.15) is 48.2 Å². The van der Waals surface area contributed by atoms with Crippen LogP contribution in [0.5, 0.6) is 0 Å². The normalized spacial score (nSPS) is 21.1. The Bertz CT molecular complexity index is 1030. The molecule has 2 aromatic rings. The summed E-state index contributed by atoms with van der Waals surface area (Å²) >= 11 is 6.56.